The Morgan fingerprint density at radius 3 is 2.18 bits per heavy atom. The van der Waals surface area contributed by atoms with Crippen molar-refractivity contribution < 1.29 is 33.6 Å². The predicted octanol–water partition coefficient (Wildman–Crippen LogP) is 5.61. The number of aliphatic hydroxyl groups excluding tert-OH is 1. The van der Waals surface area contributed by atoms with Crippen LogP contribution in [0, 0.1) is 0 Å². The Morgan fingerprint density at radius 2 is 1.59 bits per heavy atom. The minimum absolute atomic E-state index is 0.117. The van der Waals surface area contributed by atoms with E-state index in [1.54, 1.807) is 61.7 Å². The summed E-state index contributed by atoms with van der Waals surface area (Å²) in [6.07, 6.45) is 0. The highest BCUT2D eigenvalue weighted by molar-refractivity contribution is 7.22. The number of rotatable bonds is 7. The number of Topliss-reactive ketones (excluding diaryl/α,β-unsaturated/α-hetero) is 1. The molecule has 4 aromatic rings. The number of fused-ring (bicyclic) bond motifs is 1. The van der Waals surface area contributed by atoms with E-state index < -0.39 is 17.7 Å². The number of carbonyl (C=O) groups excluding carboxylic acids is 2. The van der Waals surface area contributed by atoms with E-state index >= 15 is 0 Å². The summed E-state index contributed by atoms with van der Waals surface area (Å²) in [5.41, 5.74) is 1.27. The number of hydrogen-bond donors (Lipinski definition) is 1. The lowest BCUT2D eigenvalue weighted by Crippen LogP contribution is -2.29. The Kier molecular flexibility index (Phi) is 7.07. The minimum Gasteiger partial charge on any atom is -0.507 e. The third kappa shape index (κ3) is 4.51. The molecule has 1 N–H and O–H groups in total. The molecule has 0 aliphatic carbocycles. The van der Waals surface area contributed by atoms with Gasteiger partial charge in [-0.05, 0) is 60.2 Å². The number of hydrogen-bond acceptors (Lipinski definition) is 9. The molecule has 1 amide bonds. The average Bonchev–Trinajstić information content (AvgIpc) is 3.49. The van der Waals surface area contributed by atoms with Gasteiger partial charge in [0.05, 0.1) is 50.3 Å². The van der Waals surface area contributed by atoms with Crippen LogP contribution < -0.4 is 23.8 Å². The van der Waals surface area contributed by atoms with Gasteiger partial charge in [0.25, 0.3) is 5.78 Å². The number of anilines is 1. The number of benzene rings is 3. The highest BCUT2D eigenvalue weighted by Gasteiger charge is 2.48. The molecule has 1 aliphatic heterocycles. The number of ketones is 1. The largest absolute Gasteiger partial charge is 0.507 e. The first-order chi connectivity index (χ1) is 18.8. The highest BCUT2D eigenvalue weighted by Crippen LogP contribution is 2.48. The molecule has 1 saturated heterocycles. The van der Waals surface area contributed by atoms with Gasteiger partial charge in [0.15, 0.2) is 16.6 Å². The molecule has 9 nitrogen and oxygen atoms in total. The van der Waals surface area contributed by atoms with Crippen LogP contribution >= 0.6 is 22.9 Å². The van der Waals surface area contributed by atoms with Gasteiger partial charge in [0.2, 0.25) is 5.75 Å². The number of methoxy groups -OCH3 is 4. The third-order valence-corrected chi connectivity index (χ3v) is 7.62. The fraction of sp³-hybridized carbons (Fsp3) is 0.179. The Balaban J connectivity index is 1.77. The van der Waals surface area contributed by atoms with Gasteiger partial charge in [0, 0.05) is 10.6 Å². The van der Waals surface area contributed by atoms with Crippen LogP contribution in [0.1, 0.15) is 17.2 Å². The van der Waals surface area contributed by atoms with E-state index in [1.165, 1.54) is 37.6 Å². The maximum atomic E-state index is 13.6. The first-order valence-electron chi connectivity index (χ1n) is 11.6. The third-order valence-electron chi connectivity index (χ3n) is 6.36. The van der Waals surface area contributed by atoms with Crippen molar-refractivity contribution in [3.05, 3.63) is 76.3 Å². The Hall–Kier alpha value is -4.28. The van der Waals surface area contributed by atoms with Crippen LogP contribution in [0.4, 0.5) is 5.13 Å². The summed E-state index contributed by atoms with van der Waals surface area (Å²) in [7, 11) is 5.96. The van der Waals surface area contributed by atoms with Gasteiger partial charge in [-0.2, -0.15) is 0 Å². The van der Waals surface area contributed by atoms with Crippen LogP contribution in [0.5, 0.6) is 23.0 Å². The molecule has 1 fully saturated rings. The molecule has 1 aromatic heterocycles. The molecule has 5 rings (SSSR count). The van der Waals surface area contributed by atoms with E-state index in [2.05, 4.69) is 4.98 Å². The molecule has 1 atom stereocenters. The van der Waals surface area contributed by atoms with Gasteiger partial charge < -0.3 is 24.1 Å². The topological polar surface area (TPSA) is 107 Å². The maximum Gasteiger partial charge on any atom is 0.301 e. The lowest BCUT2D eigenvalue weighted by Gasteiger charge is -2.24. The molecule has 11 heteroatoms. The van der Waals surface area contributed by atoms with E-state index in [1.807, 2.05) is 0 Å². The second kappa shape index (κ2) is 10.5. The minimum atomic E-state index is -1.06. The first kappa shape index (κ1) is 26.3. The number of aliphatic hydroxyl groups is 1. The van der Waals surface area contributed by atoms with Crippen molar-refractivity contribution in [2.45, 2.75) is 6.04 Å². The summed E-state index contributed by atoms with van der Waals surface area (Å²) >= 11 is 7.25. The molecule has 39 heavy (non-hydrogen) atoms. The van der Waals surface area contributed by atoms with Gasteiger partial charge in [-0.3, -0.25) is 14.5 Å². The number of thiazole rings is 1. The predicted molar refractivity (Wildman–Crippen MR) is 149 cm³/mol. The zero-order chi connectivity index (χ0) is 27.8. The van der Waals surface area contributed by atoms with Gasteiger partial charge in [-0.1, -0.05) is 22.9 Å². The number of carbonyl (C=O) groups is 2. The monoisotopic (exact) mass is 566 g/mol. The fourth-order valence-corrected chi connectivity index (χ4v) is 5.64. The lowest BCUT2D eigenvalue weighted by atomic mass is 9.95. The Bertz CT molecular complexity index is 1610. The van der Waals surface area contributed by atoms with Crippen molar-refractivity contribution in [2.75, 3.05) is 33.3 Å². The van der Waals surface area contributed by atoms with Crippen molar-refractivity contribution in [3.63, 3.8) is 0 Å². The van der Waals surface area contributed by atoms with Crippen LogP contribution in [-0.2, 0) is 9.59 Å². The van der Waals surface area contributed by atoms with Crippen LogP contribution in [0.3, 0.4) is 0 Å². The van der Waals surface area contributed by atoms with Gasteiger partial charge in [-0.15, -0.1) is 0 Å². The Labute approximate surface area is 232 Å². The zero-order valence-electron chi connectivity index (χ0n) is 21.4. The summed E-state index contributed by atoms with van der Waals surface area (Å²) < 4.78 is 22.6. The molecule has 0 radical (unpaired) electrons. The molecule has 0 unspecified atom stereocenters. The summed E-state index contributed by atoms with van der Waals surface area (Å²) in [5, 5.41) is 12.1. The van der Waals surface area contributed by atoms with E-state index in [-0.39, 0.29) is 16.5 Å². The Morgan fingerprint density at radius 1 is 0.923 bits per heavy atom. The van der Waals surface area contributed by atoms with E-state index in [4.69, 9.17) is 30.5 Å². The van der Waals surface area contributed by atoms with Gasteiger partial charge >= 0.3 is 5.91 Å². The van der Waals surface area contributed by atoms with E-state index in [0.29, 0.717) is 44.7 Å². The number of amides is 1. The quantitative estimate of drug-likeness (QED) is 0.175. The molecule has 200 valence electrons. The van der Waals surface area contributed by atoms with Crippen molar-refractivity contribution in [1.82, 2.24) is 4.98 Å². The standard InChI is InChI=1S/C28H23ClN2O7S/c1-35-17-9-10-18-21(13-17)39-28(30-18)31-23(15-11-19(36-2)26(38-4)20(12-15)37-3)22(25(33)27(31)34)24(32)14-5-7-16(29)8-6-14/h5-13,23,32H,1-4H3/b24-22+/t23-/m0/s1. The summed E-state index contributed by atoms with van der Waals surface area (Å²) in [4.78, 5) is 33.0. The molecule has 3 aromatic carbocycles. The first-order valence-corrected chi connectivity index (χ1v) is 12.8. The van der Waals surface area contributed by atoms with Crippen molar-refractivity contribution in [2.24, 2.45) is 0 Å². The number of nitrogens with zero attached hydrogens (tertiary/aromatic N) is 2. The second-order valence-corrected chi connectivity index (χ2v) is 9.91. The van der Waals surface area contributed by atoms with Crippen molar-refractivity contribution in [3.8, 4) is 23.0 Å². The second-order valence-electron chi connectivity index (χ2n) is 8.46. The molecule has 1 aliphatic rings. The van der Waals surface area contributed by atoms with Gasteiger partial charge in [-0.25, -0.2) is 4.98 Å². The number of ether oxygens (including phenoxy) is 4. The van der Waals surface area contributed by atoms with E-state index in [0.717, 1.165) is 4.70 Å². The molecule has 2 heterocycles. The zero-order valence-corrected chi connectivity index (χ0v) is 22.9. The summed E-state index contributed by atoms with van der Waals surface area (Å²) in [6, 6.07) is 13.9. The van der Waals surface area contributed by atoms with Crippen molar-refractivity contribution >= 4 is 55.7 Å². The highest BCUT2D eigenvalue weighted by atomic mass is 35.5. The number of aromatic nitrogens is 1. The van der Waals surface area contributed by atoms with Crippen LogP contribution in [-0.4, -0.2) is 50.2 Å². The molecule has 0 saturated carbocycles. The lowest BCUT2D eigenvalue weighted by molar-refractivity contribution is -0.132. The van der Waals surface area contributed by atoms with Crippen molar-refractivity contribution in [1.29, 1.82) is 0 Å². The fourth-order valence-electron chi connectivity index (χ4n) is 4.49. The van der Waals surface area contributed by atoms with Crippen LogP contribution in [0.25, 0.3) is 16.0 Å². The normalized spacial score (nSPS) is 16.5. The van der Waals surface area contributed by atoms with Crippen LogP contribution in [0.15, 0.2) is 60.2 Å². The average molecular weight is 567 g/mol. The molecular weight excluding hydrogens is 544 g/mol. The molecule has 0 bridgehead atoms. The smallest absolute Gasteiger partial charge is 0.301 e. The SMILES string of the molecule is COc1ccc2nc(N3C(=O)C(=O)/C(=C(/O)c4ccc(Cl)cc4)[C@@H]3c3cc(OC)c(OC)c(OC)c3)sc2c1. The summed E-state index contributed by atoms with van der Waals surface area (Å²) in [5.74, 6) is -0.451. The maximum absolute atomic E-state index is 13.6. The summed E-state index contributed by atoms with van der Waals surface area (Å²) in [6.45, 7) is 0. The number of halogens is 1. The molecule has 0 spiro atoms. The van der Waals surface area contributed by atoms with Crippen LogP contribution in [0.2, 0.25) is 5.02 Å². The van der Waals surface area contributed by atoms with Gasteiger partial charge in [0.1, 0.15) is 11.5 Å². The van der Waals surface area contributed by atoms with E-state index in [9.17, 15) is 14.7 Å². The molecular formula is C28H23ClN2O7S.